The molecule has 0 radical (unpaired) electrons. The lowest BCUT2D eigenvalue weighted by Gasteiger charge is -2.33. The number of nitrogens with zero attached hydrogens (tertiary/aromatic N) is 1. The van der Waals surface area contributed by atoms with Gasteiger partial charge in [-0.1, -0.05) is 30.7 Å². The zero-order valence-electron chi connectivity index (χ0n) is 11.4. The van der Waals surface area contributed by atoms with Crippen LogP contribution in [-0.2, 0) is 0 Å². The predicted octanol–water partition coefficient (Wildman–Crippen LogP) is 2.60. The molecule has 104 valence electrons. The molecule has 0 saturated carbocycles. The molecule has 1 aromatic rings. The quantitative estimate of drug-likeness (QED) is 0.842. The Hall–Kier alpha value is -0.900. The van der Waals surface area contributed by atoms with E-state index in [2.05, 4.69) is 17.1 Å². The van der Waals surface area contributed by atoms with Crippen LogP contribution in [0.15, 0.2) is 24.3 Å². The van der Waals surface area contributed by atoms with Crippen molar-refractivity contribution in [2.75, 3.05) is 26.2 Å². The molecule has 0 amide bonds. The lowest BCUT2D eigenvalue weighted by Crippen LogP contribution is -2.45. The fourth-order valence-corrected chi connectivity index (χ4v) is 2.80. The van der Waals surface area contributed by atoms with Gasteiger partial charge in [-0.05, 0) is 44.6 Å². The first-order valence-corrected chi connectivity index (χ1v) is 7.32. The van der Waals surface area contributed by atoms with E-state index in [1.54, 1.807) is 12.1 Å². The molecule has 0 unspecified atom stereocenters. The van der Waals surface area contributed by atoms with E-state index in [1.807, 2.05) is 12.1 Å². The van der Waals surface area contributed by atoms with E-state index in [1.165, 1.54) is 0 Å². The lowest BCUT2D eigenvalue weighted by atomic mass is 10.0. The minimum Gasteiger partial charge on any atom is -0.317 e. The number of hydrogen-bond donors (Lipinski definition) is 1. The summed E-state index contributed by atoms with van der Waals surface area (Å²) < 4.78 is 0. The number of carbonyl (C=O) groups excluding carboxylic acids is 1. The number of halogens is 1. The molecular formula is C15H21ClN2O. The fraction of sp³-hybridized carbons (Fsp3) is 0.533. The Morgan fingerprint density at radius 3 is 2.79 bits per heavy atom. The molecule has 4 heteroatoms. The molecule has 1 aliphatic heterocycles. The van der Waals surface area contributed by atoms with Crippen LogP contribution in [0.5, 0.6) is 0 Å². The first kappa shape index (κ1) is 14.5. The summed E-state index contributed by atoms with van der Waals surface area (Å²) in [5.41, 5.74) is 0.708. The van der Waals surface area contributed by atoms with Crippen LogP contribution in [0.4, 0.5) is 0 Å². The summed E-state index contributed by atoms with van der Waals surface area (Å²) in [4.78, 5) is 14.6. The monoisotopic (exact) mass is 280 g/mol. The number of likely N-dealkylation sites (N-methyl/N-ethyl adjacent to an activating group) is 1. The summed E-state index contributed by atoms with van der Waals surface area (Å²) in [6.45, 7) is 5.62. The first-order chi connectivity index (χ1) is 9.20. The molecule has 0 atom stereocenters. The van der Waals surface area contributed by atoms with Gasteiger partial charge in [0.05, 0.1) is 6.54 Å². The summed E-state index contributed by atoms with van der Waals surface area (Å²) in [6, 6.07) is 7.73. The van der Waals surface area contributed by atoms with Gasteiger partial charge in [-0.15, -0.1) is 0 Å². The molecule has 0 aliphatic carbocycles. The van der Waals surface area contributed by atoms with Crippen molar-refractivity contribution in [1.82, 2.24) is 10.2 Å². The van der Waals surface area contributed by atoms with Crippen LogP contribution in [0.1, 0.15) is 30.1 Å². The molecule has 1 aliphatic rings. The van der Waals surface area contributed by atoms with Gasteiger partial charge in [-0.3, -0.25) is 9.69 Å². The van der Waals surface area contributed by atoms with Crippen LogP contribution >= 0.6 is 11.6 Å². The van der Waals surface area contributed by atoms with Crippen LogP contribution < -0.4 is 5.32 Å². The van der Waals surface area contributed by atoms with Crippen LogP contribution in [0.2, 0.25) is 5.02 Å². The van der Waals surface area contributed by atoms with Crippen molar-refractivity contribution < 1.29 is 4.79 Å². The molecule has 2 rings (SSSR count). The van der Waals surface area contributed by atoms with Gasteiger partial charge in [0.1, 0.15) is 0 Å². The molecule has 3 nitrogen and oxygen atoms in total. The Morgan fingerprint density at radius 1 is 1.42 bits per heavy atom. The SMILES string of the molecule is CCN(CC(=O)c1cccc(Cl)c1)C1CCNCC1. The van der Waals surface area contributed by atoms with Crippen LogP contribution in [0.25, 0.3) is 0 Å². The van der Waals surface area contributed by atoms with Crippen molar-refractivity contribution in [1.29, 1.82) is 0 Å². The number of carbonyl (C=O) groups is 1. The summed E-state index contributed by atoms with van der Waals surface area (Å²) in [5, 5.41) is 3.98. The molecule has 1 heterocycles. The van der Waals surface area contributed by atoms with E-state index < -0.39 is 0 Å². The highest BCUT2D eigenvalue weighted by Gasteiger charge is 2.22. The van der Waals surface area contributed by atoms with Crippen molar-refractivity contribution >= 4 is 17.4 Å². The number of nitrogens with one attached hydrogen (secondary N) is 1. The maximum absolute atomic E-state index is 12.3. The Labute approximate surface area is 119 Å². The first-order valence-electron chi connectivity index (χ1n) is 6.94. The summed E-state index contributed by atoms with van der Waals surface area (Å²) >= 11 is 5.93. The van der Waals surface area contributed by atoms with E-state index in [9.17, 15) is 4.79 Å². The number of ketones is 1. The minimum atomic E-state index is 0.155. The highest BCUT2D eigenvalue weighted by atomic mass is 35.5. The Bertz CT molecular complexity index is 430. The summed E-state index contributed by atoms with van der Waals surface area (Å²) in [7, 11) is 0. The second-order valence-electron chi connectivity index (χ2n) is 4.98. The van der Waals surface area contributed by atoms with Gasteiger partial charge < -0.3 is 5.32 Å². The second-order valence-corrected chi connectivity index (χ2v) is 5.41. The third-order valence-corrected chi connectivity index (χ3v) is 3.96. The molecule has 0 bridgehead atoms. The number of piperidine rings is 1. The van der Waals surface area contributed by atoms with Crippen molar-refractivity contribution in [3.8, 4) is 0 Å². The fourth-order valence-electron chi connectivity index (χ4n) is 2.61. The number of rotatable bonds is 5. The lowest BCUT2D eigenvalue weighted by molar-refractivity contribution is 0.0874. The van der Waals surface area contributed by atoms with Gasteiger partial charge in [0.15, 0.2) is 5.78 Å². The van der Waals surface area contributed by atoms with Gasteiger partial charge in [0.25, 0.3) is 0 Å². The largest absolute Gasteiger partial charge is 0.317 e. The number of Topliss-reactive ketones (excluding diaryl/α,β-unsaturated/α-hetero) is 1. The van der Waals surface area contributed by atoms with Crippen molar-refractivity contribution in [2.24, 2.45) is 0 Å². The molecule has 1 aromatic carbocycles. The van der Waals surface area contributed by atoms with Gasteiger partial charge in [-0.2, -0.15) is 0 Å². The smallest absolute Gasteiger partial charge is 0.176 e. The van der Waals surface area contributed by atoms with Gasteiger partial charge in [0, 0.05) is 16.6 Å². The Balaban J connectivity index is 1.99. The third kappa shape index (κ3) is 4.03. The standard InChI is InChI=1S/C15H21ClN2O/c1-2-18(14-6-8-17-9-7-14)11-15(19)12-4-3-5-13(16)10-12/h3-5,10,14,17H,2,6-9,11H2,1H3. The topological polar surface area (TPSA) is 32.3 Å². The summed E-state index contributed by atoms with van der Waals surface area (Å²) in [6.07, 6.45) is 2.24. The molecule has 0 spiro atoms. The van der Waals surface area contributed by atoms with E-state index in [0.29, 0.717) is 23.2 Å². The van der Waals surface area contributed by atoms with E-state index in [0.717, 1.165) is 32.5 Å². The maximum Gasteiger partial charge on any atom is 0.176 e. The Kier molecular flexibility index (Phi) is 5.37. The minimum absolute atomic E-state index is 0.155. The third-order valence-electron chi connectivity index (χ3n) is 3.72. The second kappa shape index (κ2) is 7.04. The molecule has 19 heavy (non-hydrogen) atoms. The maximum atomic E-state index is 12.3. The van der Waals surface area contributed by atoms with Crippen molar-refractivity contribution in [3.63, 3.8) is 0 Å². The van der Waals surface area contributed by atoms with E-state index in [4.69, 9.17) is 11.6 Å². The Morgan fingerprint density at radius 2 is 2.16 bits per heavy atom. The van der Waals surface area contributed by atoms with Crippen LogP contribution in [0, 0.1) is 0 Å². The van der Waals surface area contributed by atoms with Crippen LogP contribution in [-0.4, -0.2) is 42.9 Å². The molecule has 1 N–H and O–H groups in total. The van der Waals surface area contributed by atoms with E-state index >= 15 is 0 Å². The zero-order chi connectivity index (χ0) is 13.7. The average Bonchev–Trinajstić information content (AvgIpc) is 2.45. The van der Waals surface area contributed by atoms with E-state index in [-0.39, 0.29) is 5.78 Å². The van der Waals surface area contributed by atoms with Gasteiger partial charge in [0.2, 0.25) is 0 Å². The van der Waals surface area contributed by atoms with Gasteiger partial charge in [-0.25, -0.2) is 0 Å². The van der Waals surface area contributed by atoms with Gasteiger partial charge >= 0.3 is 0 Å². The highest BCUT2D eigenvalue weighted by Crippen LogP contribution is 2.15. The zero-order valence-corrected chi connectivity index (χ0v) is 12.1. The number of benzene rings is 1. The van der Waals surface area contributed by atoms with Crippen molar-refractivity contribution in [2.45, 2.75) is 25.8 Å². The van der Waals surface area contributed by atoms with Crippen molar-refractivity contribution in [3.05, 3.63) is 34.9 Å². The van der Waals surface area contributed by atoms with Crippen LogP contribution in [0.3, 0.4) is 0 Å². The predicted molar refractivity (Wildman–Crippen MR) is 78.9 cm³/mol. The molecule has 1 fully saturated rings. The summed E-state index contributed by atoms with van der Waals surface area (Å²) in [5.74, 6) is 0.155. The highest BCUT2D eigenvalue weighted by molar-refractivity contribution is 6.31. The molecule has 1 saturated heterocycles. The normalized spacial score (nSPS) is 16.8. The molecular weight excluding hydrogens is 260 g/mol. The number of hydrogen-bond acceptors (Lipinski definition) is 3. The average molecular weight is 281 g/mol. The molecule has 0 aromatic heterocycles.